The van der Waals surface area contributed by atoms with Crippen LogP contribution >= 0.6 is 22.6 Å². The van der Waals surface area contributed by atoms with Gasteiger partial charge in [-0.1, -0.05) is 46.9 Å². The first-order chi connectivity index (χ1) is 9.08. The fourth-order valence-corrected chi connectivity index (χ4v) is 3.05. The summed E-state index contributed by atoms with van der Waals surface area (Å²) in [5.41, 5.74) is 4.41. The maximum absolute atomic E-state index is 13.4. The molecular weight excluding hydrogens is 356 g/mol. The van der Waals surface area contributed by atoms with Gasteiger partial charge in [0.05, 0.1) is 5.69 Å². The molecule has 1 unspecified atom stereocenters. The first-order valence-electron chi connectivity index (χ1n) is 5.92. The third-order valence-corrected chi connectivity index (χ3v) is 4.56. The molecule has 3 rings (SSSR count). The Labute approximate surface area is 124 Å². The molecule has 2 aromatic rings. The largest absolute Gasteiger partial charge is 0.324 e. The molecule has 0 bridgehead atoms. The summed E-state index contributed by atoms with van der Waals surface area (Å²) in [6, 6.07) is 10.5. The topological polar surface area (TPSA) is 29.1 Å². The maximum atomic E-state index is 13.4. The number of hydrogen-bond acceptors (Lipinski definition) is 1. The van der Waals surface area contributed by atoms with Gasteiger partial charge in [0, 0.05) is 5.56 Å². The molecule has 96 valence electrons. The van der Waals surface area contributed by atoms with Crippen LogP contribution in [0.25, 0.3) is 11.1 Å². The maximum Gasteiger partial charge on any atom is 0.241 e. The summed E-state index contributed by atoms with van der Waals surface area (Å²) in [6.07, 6.45) is 0. The number of fused-ring (bicyclic) bond motifs is 3. The number of hydrogen-bond donors (Lipinski definition) is 1. The van der Waals surface area contributed by atoms with Crippen molar-refractivity contribution in [2.24, 2.45) is 0 Å². The third kappa shape index (κ3) is 2.04. The SMILES string of the molecule is Cc1cccc2c1NC(=O)C(I)c1cc(F)ccc1-2. The molecule has 4 heteroatoms. The van der Waals surface area contributed by atoms with Crippen molar-refractivity contribution in [1.29, 1.82) is 0 Å². The molecule has 1 heterocycles. The van der Waals surface area contributed by atoms with Crippen LogP contribution in [0.3, 0.4) is 0 Å². The van der Waals surface area contributed by atoms with E-state index in [0.29, 0.717) is 0 Å². The van der Waals surface area contributed by atoms with Crippen LogP contribution in [0.15, 0.2) is 36.4 Å². The lowest BCUT2D eigenvalue weighted by atomic mass is 9.96. The summed E-state index contributed by atoms with van der Waals surface area (Å²) in [6.45, 7) is 1.95. The van der Waals surface area contributed by atoms with E-state index < -0.39 is 3.92 Å². The normalized spacial score (nSPS) is 17.2. The van der Waals surface area contributed by atoms with Crippen LogP contribution < -0.4 is 5.32 Å². The van der Waals surface area contributed by atoms with Crippen LogP contribution in [0.1, 0.15) is 15.1 Å². The van der Waals surface area contributed by atoms with Crippen LogP contribution in [-0.4, -0.2) is 5.91 Å². The second kappa shape index (κ2) is 4.59. The average Bonchev–Trinajstić information content (AvgIpc) is 2.49. The first kappa shape index (κ1) is 12.6. The Bertz CT molecular complexity index is 684. The molecule has 1 amide bonds. The van der Waals surface area contributed by atoms with Gasteiger partial charge in [0.25, 0.3) is 0 Å². The lowest BCUT2D eigenvalue weighted by molar-refractivity contribution is -0.115. The van der Waals surface area contributed by atoms with Crippen LogP contribution in [0, 0.1) is 12.7 Å². The predicted molar refractivity (Wildman–Crippen MR) is 82.0 cm³/mol. The third-order valence-electron chi connectivity index (χ3n) is 3.33. The number of rotatable bonds is 0. The van der Waals surface area contributed by atoms with E-state index in [9.17, 15) is 9.18 Å². The van der Waals surface area contributed by atoms with E-state index in [0.717, 1.165) is 27.9 Å². The van der Waals surface area contributed by atoms with Crippen LogP contribution in [0.5, 0.6) is 0 Å². The fourth-order valence-electron chi connectivity index (χ4n) is 2.37. The van der Waals surface area contributed by atoms with Crippen molar-refractivity contribution in [3.05, 3.63) is 53.3 Å². The number of carbonyl (C=O) groups excluding carboxylic acids is 1. The molecule has 0 aromatic heterocycles. The first-order valence-corrected chi connectivity index (χ1v) is 7.17. The molecule has 2 aromatic carbocycles. The second-order valence-electron chi connectivity index (χ2n) is 4.58. The van der Waals surface area contributed by atoms with Crippen LogP contribution in [-0.2, 0) is 4.79 Å². The summed E-state index contributed by atoms with van der Waals surface area (Å²) in [5, 5.41) is 2.94. The van der Waals surface area contributed by atoms with Crippen molar-refractivity contribution in [3.8, 4) is 11.1 Å². The molecule has 0 fully saturated rings. The number of halogens is 2. The number of amides is 1. The van der Waals surface area contributed by atoms with Crippen LogP contribution in [0.2, 0.25) is 0 Å². The van der Waals surface area contributed by atoms with Gasteiger partial charge >= 0.3 is 0 Å². The Morgan fingerprint density at radius 1 is 1.21 bits per heavy atom. The van der Waals surface area contributed by atoms with Crippen molar-refractivity contribution < 1.29 is 9.18 Å². The summed E-state index contributed by atoms with van der Waals surface area (Å²) in [4.78, 5) is 12.2. The van der Waals surface area contributed by atoms with Crippen molar-refractivity contribution in [2.75, 3.05) is 5.32 Å². The zero-order valence-electron chi connectivity index (χ0n) is 10.2. The molecule has 0 saturated carbocycles. The number of anilines is 1. The molecular formula is C15H11FINO. The van der Waals surface area contributed by atoms with Gasteiger partial charge in [-0.3, -0.25) is 4.79 Å². The summed E-state index contributed by atoms with van der Waals surface area (Å²) in [7, 11) is 0. The van der Waals surface area contributed by atoms with E-state index in [4.69, 9.17) is 0 Å². The highest BCUT2D eigenvalue weighted by Gasteiger charge is 2.27. The highest BCUT2D eigenvalue weighted by molar-refractivity contribution is 14.1. The summed E-state index contributed by atoms with van der Waals surface area (Å²) < 4.78 is 13.1. The van der Waals surface area contributed by atoms with Gasteiger partial charge in [-0.25, -0.2) is 4.39 Å². The monoisotopic (exact) mass is 367 g/mol. The van der Waals surface area contributed by atoms with Gasteiger partial charge in [0.2, 0.25) is 5.91 Å². The smallest absolute Gasteiger partial charge is 0.241 e. The number of aryl methyl sites for hydroxylation is 1. The zero-order chi connectivity index (χ0) is 13.6. The number of nitrogens with one attached hydrogen (secondary N) is 1. The van der Waals surface area contributed by atoms with Gasteiger partial charge < -0.3 is 5.32 Å². The molecule has 1 aliphatic heterocycles. The summed E-state index contributed by atoms with van der Waals surface area (Å²) in [5.74, 6) is -0.426. The van der Waals surface area contributed by atoms with Gasteiger partial charge in [-0.15, -0.1) is 0 Å². The van der Waals surface area contributed by atoms with Gasteiger partial charge in [0.15, 0.2) is 0 Å². The van der Waals surface area contributed by atoms with Crippen molar-refractivity contribution in [2.45, 2.75) is 10.8 Å². The standard InChI is InChI=1S/C15H11FINO/c1-8-3-2-4-11-10-6-5-9(16)7-12(10)13(17)15(19)18-14(8)11/h2-7,13H,1H3,(H,18,19). The quantitative estimate of drug-likeness (QED) is 0.548. The number of carbonyl (C=O) groups is 1. The predicted octanol–water partition coefficient (Wildman–Crippen LogP) is 4.23. The van der Waals surface area contributed by atoms with Crippen LogP contribution in [0.4, 0.5) is 10.1 Å². The van der Waals surface area contributed by atoms with Gasteiger partial charge in [-0.05, 0) is 35.7 Å². The average molecular weight is 367 g/mol. The van der Waals surface area contributed by atoms with E-state index in [1.165, 1.54) is 12.1 Å². The summed E-state index contributed by atoms with van der Waals surface area (Å²) >= 11 is 2.05. The van der Waals surface area contributed by atoms with E-state index in [2.05, 4.69) is 5.32 Å². The lowest BCUT2D eigenvalue weighted by Crippen LogP contribution is -2.15. The Kier molecular flexibility index (Phi) is 3.05. The minimum atomic E-state index is -0.393. The van der Waals surface area contributed by atoms with Gasteiger partial charge in [-0.2, -0.15) is 0 Å². The molecule has 1 atom stereocenters. The minimum absolute atomic E-state index is 0.111. The lowest BCUT2D eigenvalue weighted by Gasteiger charge is -2.11. The Morgan fingerprint density at radius 3 is 2.79 bits per heavy atom. The molecule has 0 radical (unpaired) electrons. The zero-order valence-corrected chi connectivity index (χ0v) is 12.4. The number of benzene rings is 2. The Balaban J connectivity index is 2.36. The van der Waals surface area contributed by atoms with Crippen molar-refractivity contribution in [3.63, 3.8) is 0 Å². The molecule has 0 aliphatic carbocycles. The van der Waals surface area contributed by atoms with E-state index in [1.807, 2.05) is 47.7 Å². The fraction of sp³-hybridized carbons (Fsp3) is 0.133. The Morgan fingerprint density at radius 2 is 2.00 bits per heavy atom. The highest BCUT2D eigenvalue weighted by Crippen LogP contribution is 2.42. The molecule has 0 spiro atoms. The molecule has 19 heavy (non-hydrogen) atoms. The van der Waals surface area contributed by atoms with E-state index in [1.54, 1.807) is 6.07 Å². The van der Waals surface area contributed by atoms with Crippen molar-refractivity contribution >= 4 is 34.2 Å². The number of para-hydroxylation sites is 1. The van der Waals surface area contributed by atoms with Crippen molar-refractivity contribution in [1.82, 2.24) is 0 Å². The molecule has 1 aliphatic rings. The molecule has 0 saturated heterocycles. The van der Waals surface area contributed by atoms with E-state index >= 15 is 0 Å². The van der Waals surface area contributed by atoms with Gasteiger partial charge in [0.1, 0.15) is 9.74 Å². The molecule has 2 nitrogen and oxygen atoms in total. The number of alkyl halides is 1. The van der Waals surface area contributed by atoms with E-state index in [-0.39, 0.29) is 11.7 Å². The minimum Gasteiger partial charge on any atom is -0.324 e. The Hall–Kier alpha value is -1.43. The second-order valence-corrected chi connectivity index (χ2v) is 5.83. The highest BCUT2D eigenvalue weighted by atomic mass is 127. The molecule has 1 N–H and O–H groups in total.